The molecule has 0 radical (unpaired) electrons. The summed E-state index contributed by atoms with van der Waals surface area (Å²) in [4.78, 5) is 7.98. The molecule has 0 unspecified atom stereocenters. The number of hydrogen-bond acceptors (Lipinski definition) is 4. The maximum Gasteiger partial charge on any atom is 0.418 e. The second-order valence-electron chi connectivity index (χ2n) is 7.24. The Hall–Kier alpha value is -2.42. The van der Waals surface area contributed by atoms with Gasteiger partial charge in [-0.25, -0.2) is 13.8 Å². The van der Waals surface area contributed by atoms with Crippen LogP contribution in [0.15, 0.2) is 36.5 Å². The third-order valence-electron chi connectivity index (χ3n) is 5.36. The van der Waals surface area contributed by atoms with Gasteiger partial charge < -0.3 is 9.64 Å². The summed E-state index contributed by atoms with van der Waals surface area (Å²) in [5.74, 6) is -0.357. The summed E-state index contributed by atoms with van der Waals surface area (Å²) >= 11 is 0. The van der Waals surface area contributed by atoms with Crippen LogP contribution in [0.2, 0.25) is 0 Å². The molecule has 3 heterocycles. The van der Waals surface area contributed by atoms with E-state index in [1.807, 2.05) is 35.2 Å². The Morgan fingerprint density at radius 1 is 1.14 bits per heavy atom. The molecule has 1 fully saturated rings. The monoisotopic (exact) mass is 413 g/mol. The summed E-state index contributed by atoms with van der Waals surface area (Å²) < 4.78 is 72.2. The Bertz CT molecular complexity index is 859. The number of ether oxygens (including phenoxy) is 1. The maximum atomic E-state index is 13.6. The summed E-state index contributed by atoms with van der Waals surface area (Å²) in [7, 11) is 0. The number of piperazine rings is 1. The van der Waals surface area contributed by atoms with E-state index in [1.54, 1.807) is 0 Å². The summed E-state index contributed by atoms with van der Waals surface area (Å²) in [6.07, 6.45) is -7.20. The van der Waals surface area contributed by atoms with Crippen LogP contribution in [0, 0.1) is 0 Å². The average Bonchev–Trinajstić information content (AvgIpc) is 2.86. The van der Waals surface area contributed by atoms with Crippen LogP contribution in [-0.4, -0.2) is 42.2 Å². The van der Waals surface area contributed by atoms with Gasteiger partial charge in [0.15, 0.2) is 11.6 Å². The van der Waals surface area contributed by atoms with Crippen LogP contribution in [0.4, 0.5) is 27.8 Å². The molecule has 1 saturated heterocycles. The lowest BCUT2D eigenvalue weighted by Gasteiger charge is -2.41. The minimum absolute atomic E-state index is 0.0655. The maximum absolute atomic E-state index is 13.6. The first kappa shape index (κ1) is 19.9. The molecule has 0 aliphatic carbocycles. The molecule has 0 amide bonds. The van der Waals surface area contributed by atoms with E-state index >= 15 is 0 Å². The van der Waals surface area contributed by atoms with Gasteiger partial charge in [-0.1, -0.05) is 30.3 Å². The average molecular weight is 413 g/mol. The smallest absolute Gasteiger partial charge is 0.418 e. The van der Waals surface area contributed by atoms with E-state index < -0.39 is 29.5 Å². The SMILES string of the molecule is FC(F)c1c(C(F)(F)F)cnc2c1OCC[C@H]1CN(Cc3ccccc3)CCN21. The van der Waals surface area contributed by atoms with Gasteiger partial charge in [-0.05, 0) is 5.56 Å². The van der Waals surface area contributed by atoms with Gasteiger partial charge >= 0.3 is 6.18 Å². The van der Waals surface area contributed by atoms with Gasteiger partial charge in [-0.15, -0.1) is 0 Å². The molecule has 2 aliphatic heterocycles. The van der Waals surface area contributed by atoms with Crippen molar-refractivity contribution in [1.82, 2.24) is 9.88 Å². The lowest BCUT2D eigenvalue weighted by molar-refractivity contribution is -0.139. The van der Waals surface area contributed by atoms with Gasteiger partial charge in [0.05, 0.1) is 17.7 Å². The summed E-state index contributed by atoms with van der Waals surface area (Å²) in [5, 5.41) is 0. The van der Waals surface area contributed by atoms with Crippen molar-refractivity contribution in [2.75, 3.05) is 31.1 Å². The molecular weight excluding hydrogens is 393 g/mol. The lowest BCUT2D eigenvalue weighted by Crippen LogP contribution is -2.53. The molecule has 1 aromatic carbocycles. The molecule has 156 valence electrons. The number of benzene rings is 1. The molecule has 0 spiro atoms. The van der Waals surface area contributed by atoms with E-state index in [4.69, 9.17) is 4.74 Å². The first-order chi connectivity index (χ1) is 13.8. The van der Waals surface area contributed by atoms with Crippen molar-refractivity contribution in [1.29, 1.82) is 0 Å². The molecule has 4 nitrogen and oxygen atoms in total. The minimum Gasteiger partial charge on any atom is -0.489 e. The zero-order valence-electron chi connectivity index (χ0n) is 15.5. The highest BCUT2D eigenvalue weighted by molar-refractivity contribution is 5.61. The van der Waals surface area contributed by atoms with Crippen molar-refractivity contribution in [3.8, 4) is 5.75 Å². The van der Waals surface area contributed by atoms with E-state index in [-0.39, 0.29) is 18.5 Å². The van der Waals surface area contributed by atoms with Gasteiger partial charge in [-0.3, -0.25) is 4.90 Å². The van der Waals surface area contributed by atoms with Gasteiger partial charge in [0.1, 0.15) is 0 Å². The minimum atomic E-state index is -4.92. The number of hydrogen-bond donors (Lipinski definition) is 0. The van der Waals surface area contributed by atoms with Crippen molar-refractivity contribution in [2.45, 2.75) is 31.6 Å². The number of anilines is 1. The quantitative estimate of drug-likeness (QED) is 0.693. The predicted octanol–water partition coefficient (Wildman–Crippen LogP) is 4.51. The van der Waals surface area contributed by atoms with E-state index in [1.165, 1.54) is 5.56 Å². The second kappa shape index (κ2) is 7.78. The second-order valence-corrected chi connectivity index (χ2v) is 7.24. The predicted molar refractivity (Wildman–Crippen MR) is 97.2 cm³/mol. The number of rotatable bonds is 3. The number of fused-ring (bicyclic) bond motifs is 3. The Kier molecular flexibility index (Phi) is 5.33. The van der Waals surface area contributed by atoms with Crippen molar-refractivity contribution in [2.24, 2.45) is 0 Å². The summed E-state index contributed by atoms with van der Waals surface area (Å²) in [6, 6.07) is 9.89. The Labute approximate surface area is 164 Å². The highest BCUT2D eigenvalue weighted by Crippen LogP contribution is 2.46. The lowest BCUT2D eigenvalue weighted by atomic mass is 10.1. The van der Waals surface area contributed by atoms with Crippen molar-refractivity contribution in [3.05, 3.63) is 53.2 Å². The highest BCUT2D eigenvalue weighted by Gasteiger charge is 2.42. The molecule has 4 rings (SSSR count). The topological polar surface area (TPSA) is 28.6 Å². The van der Waals surface area contributed by atoms with E-state index in [2.05, 4.69) is 9.88 Å². The molecule has 0 bridgehead atoms. The number of pyridine rings is 1. The number of nitrogens with zero attached hydrogens (tertiary/aromatic N) is 3. The van der Waals surface area contributed by atoms with Crippen molar-refractivity contribution < 1.29 is 26.7 Å². The molecular formula is C20H20F5N3O. The van der Waals surface area contributed by atoms with Crippen LogP contribution in [-0.2, 0) is 12.7 Å². The van der Waals surface area contributed by atoms with Crippen LogP contribution >= 0.6 is 0 Å². The molecule has 0 N–H and O–H groups in total. The number of halogens is 5. The van der Waals surface area contributed by atoms with E-state index in [0.717, 1.165) is 6.54 Å². The van der Waals surface area contributed by atoms with E-state index in [0.29, 0.717) is 32.3 Å². The molecule has 9 heteroatoms. The van der Waals surface area contributed by atoms with Gasteiger partial charge in [0.25, 0.3) is 6.43 Å². The Morgan fingerprint density at radius 3 is 2.59 bits per heavy atom. The largest absolute Gasteiger partial charge is 0.489 e. The fourth-order valence-electron chi connectivity index (χ4n) is 4.01. The first-order valence-electron chi connectivity index (χ1n) is 9.38. The van der Waals surface area contributed by atoms with Crippen LogP contribution < -0.4 is 9.64 Å². The molecule has 2 aromatic rings. The third-order valence-corrected chi connectivity index (χ3v) is 5.36. The number of alkyl halides is 5. The van der Waals surface area contributed by atoms with E-state index in [9.17, 15) is 22.0 Å². The zero-order chi connectivity index (χ0) is 20.6. The molecule has 1 aromatic heterocycles. The number of aromatic nitrogens is 1. The Morgan fingerprint density at radius 2 is 1.90 bits per heavy atom. The van der Waals surface area contributed by atoms with Crippen molar-refractivity contribution in [3.63, 3.8) is 0 Å². The molecule has 0 saturated carbocycles. The normalized spacial score (nSPS) is 20.1. The third kappa shape index (κ3) is 4.01. The van der Waals surface area contributed by atoms with Crippen LogP contribution in [0.1, 0.15) is 29.5 Å². The van der Waals surface area contributed by atoms with Crippen molar-refractivity contribution >= 4 is 5.82 Å². The molecule has 1 atom stereocenters. The molecule has 29 heavy (non-hydrogen) atoms. The summed E-state index contributed by atoms with van der Waals surface area (Å²) in [6.45, 7) is 2.61. The van der Waals surface area contributed by atoms with Gasteiger partial charge in [-0.2, -0.15) is 13.2 Å². The molecule has 2 aliphatic rings. The van der Waals surface area contributed by atoms with Crippen LogP contribution in [0.5, 0.6) is 5.75 Å². The summed E-state index contributed by atoms with van der Waals surface area (Å²) in [5.41, 5.74) is -1.39. The fraction of sp³-hybridized carbons (Fsp3) is 0.450. The fourth-order valence-corrected chi connectivity index (χ4v) is 4.01. The van der Waals surface area contributed by atoms with Crippen LogP contribution in [0.25, 0.3) is 0 Å². The zero-order valence-corrected chi connectivity index (χ0v) is 15.5. The Balaban J connectivity index is 1.62. The highest BCUT2D eigenvalue weighted by atomic mass is 19.4. The standard InChI is InChI=1S/C20H20F5N3O/c21-18(22)16-15(20(23,24)25)10-26-19-17(16)29-9-6-14-12-27(7-8-28(14)19)11-13-4-2-1-3-5-13/h1-5,10,14,18H,6-9,11-12H2/t14-/m0/s1. The van der Waals surface area contributed by atoms with Crippen LogP contribution in [0.3, 0.4) is 0 Å². The van der Waals surface area contributed by atoms with Gasteiger partial charge in [0, 0.05) is 44.8 Å². The first-order valence-corrected chi connectivity index (χ1v) is 9.38. The van der Waals surface area contributed by atoms with Gasteiger partial charge in [0.2, 0.25) is 0 Å².